The van der Waals surface area contributed by atoms with Gasteiger partial charge in [-0.25, -0.2) is 4.57 Å². The van der Waals surface area contributed by atoms with Crippen LogP contribution in [0.4, 0.5) is 0 Å². The van der Waals surface area contributed by atoms with E-state index in [4.69, 9.17) is 19.5 Å². The van der Waals surface area contributed by atoms with E-state index in [1.807, 2.05) is 0 Å². The minimum Gasteiger partial charge on any atom is -0.400 e. The van der Waals surface area contributed by atoms with Crippen LogP contribution in [0.2, 0.25) is 0 Å². The van der Waals surface area contributed by atoms with Crippen LogP contribution in [-0.4, -0.2) is 22.0 Å². The second-order valence-electron chi connectivity index (χ2n) is 0.253. The molecule has 4 nitrogen and oxygen atoms in total. The van der Waals surface area contributed by atoms with Gasteiger partial charge in [-0.2, -0.15) is 0 Å². The van der Waals surface area contributed by atoms with Crippen molar-refractivity contribution < 1.29 is 19.5 Å². The first-order valence-electron chi connectivity index (χ1n) is 1.03. The molecule has 7 heteroatoms. The molecule has 0 amide bonds. The van der Waals surface area contributed by atoms with Crippen molar-refractivity contribution in [3.8, 4) is 0 Å². The van der Waals surface area contributed by atoms with E-state index in [2.05, 4.69) is 0 Å². The molecule has 0 bridgehead atoms. The van der Waals surface area contributed by atoms with E-state index in [9.17, 15) is 0 Å². The Morgan fingerprint density at radius 1 is 1.12 bits per heavy atom. The fraction of sp³-hybridized carbons (Fsp3) is 1.00. The smallest absolute Gasteiger partial charge is 0.363 e. The molecule has 0 fully saturated rings. The van der Waals surface area contributed by atoms with Crippen LogP contribution in [0.15, 0.2) is 0 Å². The van der Waals surface area contributed by atoms with Crippen molar-refractivity contribution in [1.29, 1.82) is 0 Å². The number of aliphatic hydroxyl groups excluding tert-OH is 1. The van der Waals surface area contributed by atoms with Crippen LogP contribution in [0.1, 0.15) is 0 Å². The highest BCUT2D eigenvalue weighted by atomic mass is 35.5. The fourth-order valence-electron chi connectivity index (χ4n) is 0. The Morgan fingerprint density at radius 2 is 1.12 bits per heavy atom. The Morgan fingerprint density at radius 3 is 1.12 bits per heavy atom. The molecule has 0 saturated heterocycles. The van der Waals surface area contributed by atoms with E-state index in [0.717, 1.165) is 7.11 Å². The van der Waals surface area contributed by atoms with Crippen LogP contribution in [0.5, 0.6) is 0 Å². The summed E-state index contributed by atoms with van der Waals surface area (Å²) in [6, 6.07) is 0. The molecule has 0 aliphatic carbocycles. The molecule has 0 aromatic rings. The number of halogens is 2. The fourth-order valence-corrected chi connectivity index (χ4v) is 0. The van der Waals surface area contributed by atoms with E-state index < -0.39 is 8.25 Å². The lowest BCUT2D eigenvalue weighted by Crippen LogP contribution is -1.38. The maximum atomic E-state index is 8.70. The maximum absolute atomic E-state index is 8.70. The van der Waals surface area contributed by atoms with Gasteiger partial charge in [0.2, 0.25) is 0 Å². The van der Waals surface area contributed by atoms with Gasteiger partial charge in [0.15, 0.2) is 0 Å². The highest BCUT2D eigenvalue weighted by Crippen LogP contribution is 1.98. The van der Waals surface area contributed by atoms with Gasteiger partial charge in [0.1, 0.15) is 0 Å². The molecule has 0 aliphatic rings. The Balaban J connectivity index is -0.0000000183. The molecule has 0 rings (SSSR count). The van der Waals surface area contributed by atoms with E-state index in [0.29, 0.717) is 0 Å². The van der Waals surface area contributed by atoms with Gasteiger partial charge >= 0.3 is 8.25 Å². The van der Waals surface area contributed by atoms with Crippen LogP contribution < -0.4 is 0 Å². The van der Waals surface area contributed by atoms with Gasteiger partial charge in [0, 0.05) is 7.11 Å². The predicted molar refractivity (Wildman–Crippen MR) is 34.7 cm³/mol. The van der Waals surface area contributed by atoms with Gasteiger partial charge in [-0.15, -0.1) is 24.8 Å². The minimum absolute atomic E-state index is 0. The SMILES string of the molecule is CO.Cl.Cl.O=[P](O)O. The third kappa shape index (κ3) is 647. The molecule has 0 aromatic heterocycles. The first kappa shape index (κ1) is 23.5. The molecule has 0 unspecified atom stereocenters. The summed E-state index contributed by atoms with van der Waals surface area (Å²) in [4.78, 5) is 14.2. The summed E-state index contributed by atoms with van der Waals surface area (Å²) >= 11 is 0. The van der Waals surface area contributed by atoms with Crippen LogP contribution in [0, 0.1) is 0 Å². The molecule has 0 aromatic carbocycles. The summed E-state index contributed by atoms with van der Waals surface area (Å²) in [6.07, 6.45) is 0. The summed E-state index contributed by atoms with van der Waals surface area (Å²) in [5.41, 5.74) is 0. The number of aliphatic hydroxyl groups is 1. The van der Waals surface area contributed by atoms with Crippen molar-refractivity contribution in [1.82, 2.24) is 0 Å². The van der Waals surface area contributed by atoms with Crippen LogP contribution in [0.25, 0.3) is 0 Å². The first-order valence-corrected chi connectivity index (χ1v) is 2.19. The molecule has 0 saturated carbocycles. The van der Waals surface area contributed by atoms with Crippen molar-refractivity contribution in [2.75, 3.05) is 7.11 Å². The highest BCUT2D eigenvalue weighted by Gasteiger charge is 1.65. The molecule has 8 heavy (non-hydrogen) atoms. The molecule has 0 heterocycles. The average molecular weight is 186 g/mol. The first-order chi connectivity index (χ1) is 2.73. The Kier molecular flexibility index (Phi) is 75.5. The molecule has 1 radical (unpaired) electrons. The van der Waals surface area contributed by atoms with E-state index in [1.165, 1.54) is 0 Å². The lowest BCUT2D eigenvalue weighted by atomic mass is 11.8. The Hall–Kier alpha value is 0.560. The number of hydrogen-bond donors (Lipinski definition) is 3. The molecular weight excluding hydrogens is 178 g/mol. The molecule has 0 atom stereocenters. The zero-order chi connectivity index (χ0) is 5.58. The van der Waals surface area contributed by atoms with Crippen molar-refractivity contribution in [2.45, 2.75) is 0 Å². The van der Waals surface area contributed by atoms with Crippen LogP contribution in [-0.2, 0) is 4.57 Å². The summed E-state index contributed by atoms with van der Waals surface area (Å²) < 4.78 is 8.70. The Labute approximate surface area is 60.3 Å². The molecular formula is CH8Cl2O4P. The average Bonchev–Trinajstić information content (AvgIpc) is 1.41. The summed E-state index contributed by atoms with van der Waals surface area (Å²) in [5.74, 6) is 0. The van der Waals surface area contributed by atoms with Gasteiger partial charge in [0.25, 0.3) is 0 Å². The Bertz CT molecular complexity index is 37.0. The second kappa shape index (κ2) is 25.7. The zero-order valence-electron chi connectivity index (χ0n) is 4.01. The third-order valence-electron chi connectivity index (χ3n) is 0. The molecule has 0 spiro atoms. The number of hydrogen-bond acceptors (Lipinski definition) is 2. The second-order valence-corrected chi connectivity index (χ2v) is 0.758. The summed E-state index contributed by atoms with van der Waals surface area (Å²) in [5, 5.41) is 7.00. The number of rotatable bonds is 0. The van der Waals surface area contributed by atoms with Gasteiger partial charge in [-0.3, -0.25) is 9.79 Å². The van der Waals surface area contributed by atoms with Crippen LogP contribution >= 0.6 is 33.1 Å². The standard InChI is InChI=1S/CH4O.2ClH.H2O3P/c1-2;;;1-4(2)3/h2H,1H3;2*1H;(H2,1,2,3). The normalized spacial score (nSPS) is 4.00. The summed E-state index contributed by atoms with van der Waals surface area (Å²) in [7, 11) is -1.87. The lowest BCUT2D eigenvalue weighted by molar-refractivity contribution is 0.399. The van der Waals surface area contributed by atoms with Gasteiger partial charge < -0.3 is 5.11 Å². The van der Waals surface area contributed by atoms with Crippen molar-refractivity contribution in [2.24, 2.45) is 0 Å². The highest BCUT2D eigenvalue weighted by molar-refractivity contribution is 7.30. The van der Waals surface area contributed by atoms with Crippen molar-refractivity contribution in [3.05, 3.63) is 0 Å². The predicted octanol–water partition coefficient (Wildman–Crippen LogP) is 0.0805. The molecule has 3 N–H and O–H groups in total. The molecule has 0 aliphatic heterocycles. The zero-order valence-corrected chi connectivity index (χ0v) is 6.54. The minimum atomic E-state index is -2.87. The van der Waals surface area contributed by atoms with Crippen molar-refractivity contribution in [3.63, 3.8) is 0 Å². The van der Waals surface area contributed by atoms with E-state index in [-0.39, 0.29) is 24.8 Å². The molecule has 55 valence electrons. The maximum Gasteiger partial charge on any atom is 0.363 e. The van der Waals surface area contributed by atoms with E-state index >= 15 is 0 Å². The largest absolute Gasteiger partial charge is 0.400 e. The van der Waals surface area contributed by atoms with Gasteiger partial charge in [0.05, 0.1) is 0 Å². The monoisotopic (exact) mass is 185 g/mol. The van der Waals surface area contributed by atoms with E-state index in [1.54, 1.807) is 0 Å². The summed E-state index contributed by atoms with van der Waals surface area (Å²) in [6.45, 7) is 0. The van der Waals surface area contributed by atoms with Crippen molar-refractivity contribution >= 4 is 33.1 Å². The lowest BCUT2D eigenvalue weighted by Gasteiger charge is -1.57. The van der Waals surface area contributed by atoms with Gasteiger partial charge in [-0.05, 0) is 0 Å². The third-order valence-corrected chi connectivity index (χ3v) is 0. The van der Waals surface area contributed by atoms with Gasteiger partial charge in [-0.1, -0.05) is 0 Å². The quantitative estimate of drug-likeness (QED) is 0.468. The van der Waals surface area contributed by atoms with Crippen LogP contribution in [0.3, 0.4) is 0 Å². The topological polar surface area (TPSA) is 77.8 Å².